The molecule has 3 heteroatoms. The number of halogens is 1. The smallest absolute Gasteiger partial charge is 0.150 e. The van der Waals surface area contributed by atoms with Crippen LogP contribution in [0.1, 0.15) is 10.4 Å². The molecule has 0 aromatic heterocycles. The maximum Gasteiger partial charge on any atom is 0.150 e. The molecule has 0 unspecified atom stereocenters. The van der Waals surface area contributed by atoms with Crippen LogP contribution in [-0.2, 0) is 0 Å². The predicted octanol–water partition coefficient (Wildman–Crippen LogP) is 4.66. The topological polar surface area (TPSA) is 43.1 Å². The van der Waals surface area contributed by atoms with Crippen LogP contribution in [0.4, 0.5) is 5.69 Å². The highest BCUT2D eigenvalue weighted by atomic mass is 79.9. The second-order valence-electron chi connectivity index (χ2n) is 4.67. The molecule has 2 nitrogen and oxygen atoms in total. The Morgan fingerprint density at radius 1 is 0.950 bits per heavy atom. The van der Waals surface area contributed by atoms with Gasteiger partial charge in [0.15, 0.2) is 0 Å². The first-order chi connectivity index (χ1) is 9.67. The van der Waals surface area contributed by atoms with Crippen molar-refractivity contribution in [1.29, 1.82) is 0 Å². The summed E-state index contributed by atoms with van der Waals surface area (Å²) in [5.74, 6) is 0. The SMILES string of the molecule is Nc1cc(-c2ccc(C=O)cc2)c2ccc(Br)cc2c1. The molecule has 2 N–H and O–H groups in total. The zero-order valence-electron chi connectivity index (χ0n) is 10.6. The largest absolute Gasteiger partial charge is 0.399 e. The number of carbonyl (C=O) groups excluding carboxylic acids is 1. The summed E-state index contributed by atoms with van der Waals surface area (Å²) < 4.78 is 1.03. The number of nitrogens with two attached hydrogens (primary N) is 1. The summed E-state index contributed by atoms with van der Waals surface area (Å²) in [6, 6.07) is 17.6. The molecule has 3 rings (SSSR count). The Hall–Kier alpha value is -2.13. The first-order valence-electron chi connectivity index (χ1n) is 6.22. The van der Waals surface area contributed by atoms with Gasteiger partial charge in [0.25, 0.3) is 0 Å². The van der Waals surface area contributed by atoms with Crippen LogP contribution in [-0.4, -0.2) is 6.29 Å². The van der Waals surface area contributed by atoms with E-state index in [0.717, 1.165) is 38.3 Å². The molecule has 0 radical (unpaired) electrons. The van der Waals surface area contributed by atoms with Gasteiger partial charge in [0, 0.05) is 15.7 Å². The fourth-order valence-corrected chi connectivity index (χ4v) is 2.72. The number of rotatable bonds is 2. The highest BCUT2D eigenvalue weighted by molar-refractivity contribution is 9.10. The van der Waals surface area contributed by atoms with Crippen molar-refractivity contribution in [1.82, 2.24) is 0 Å². The van der Waals surface area contributed by atoms with Crippen molar-refractivity contribution in [2.24, 2.45) is 0 Å². The van der Waals surface area contributed by atoms with Gasteiger partial charge in [-0.1, -0.05) is 46.3 Å². The third kappa shape index (κ3) is 2.32. The first kappa shape index (κ1) is 12.9. The minimum atomic E-state index is 0.671. The van der Waals surface area contributed by atoms with Gasteiger partial charge in [0.05, 0.1) is 0 Å². The summed E-state index contributed by atoms with van der Waals surface area (Å²) in [6.07, 6.45) is 0.846. The average molecular weight is 326 g/mol. The van der Waals surface area contributed by atoms with Gasteiger partial charge in [-0.3, -0.25) is 4.79 Å². The Morgan fingerprint density at radius 3 is 2.40 bits per heavy atom. The monoisotopic (exact) mass is 325 g/mol. The Kier molecular flexibility index (Phi) is 3.28. The van der Waals surface area contributed by atoms with E-state index in [1.165, 1.54) is 0 Å². The summed E-state index contributed by atoms with van der Waals surface area (Å²) in [7, 11) is 0. The molecule has 3 aromatic rings. The van der Waals surface area contributed by atoms with Gasteiger partial charge in [-0.2, -0.15) is 0 Å². The maximum atomic E-state index is 10.7. The third-order valence-corrected chi connectivity index (χ3v) is 3.79. The van der Waals surface area contributed by atoms with Crippen LogP contribution in [0.15, 0.2) is 59.1 Å². The van der Waals surface area contributed by atoms with Crippen LogP contribution in [0.5, 0.6) is 0 Å². The minimum Gasteiger partial charge on any atom is -0.399 e. The molecule has 0 amide bonds. The second kappa shape index (κ2) is 5.10. The molecule has 0 spiro atoms. The van der Waals surface area contributed by atoms with Crippen molar-refractivity contribution in [3.63, 3.8) is 0 Å². The zero-order valence-corrected chi connectivity index (χ0v) is 12.2. The number of benzene rings is 3. The summed E-state index contributed by atoms with van der Waals surface area (Å²) in [4.78, 5) is 10.7. The molecule has 98 valence electrons. The number of carbonyl (C=O) groups is 1. The van der Waals surface area contributed by atoms with Crippen molar-refractivity contribution in [2.45, 2.75) is 0 Å². The van der Waals surface area contributed by atoms with E-state index >= 15 is 0 Å². The lowest BCUT2D eigenvalue weighted by molar-refractivity contribution is 0.112. The fourth-order valence-electron chi connectivity index (χ4n) is 2.34. The van der Waals surface area contributed by atoms with Crippen LogP contribution in [0.3, 0.4) is 0 Å². The van der Waals surface area contributed by atoms with Crippen molar-refractivity contribution < 1.29 is 4.79 Å². The third-order valence-electron chi connectivity index (χ3n) is 3.29. The molecular formula is C17H12BrNO. The molecule has 3 aromatic carbocycles. The lowest BCUT2D eigenvalue weighted by Gasteiger charge is -2.09. The molecule has 0 atom stereocenters. The summed E-state index contributed by atoms with van der Waals surface area (Å²) in [6.45, 7) is 0. The summed E-state index contributed by atoms with van der Waals surface area (Å²) >= 11 is 3.48. The Morgan fingerprint density at radius 2 is 1.70 bits per heavy atom. The Bertz CT molecular complexity index is 789. The van der Waals surface area contributed by atoms with E-state index in [0.29, 0.717) is 5.56 Å². The van der Waals surface area contributed by atoms with Gasteiger partial charge in [0.1, 0.15) is 6.29 Å². The number of aldehydes is 1. The Balaban J connectivity index is 2.26. The molecule has 0 aliphatic rings. The predicted molar refractivity (Wildman–Crippen MR) is 86.9 cm³/mol. The van der Waals surface area contributed by atoms with Crippen LogP contribution >= 0.6 is 15.9 Å². The zero-order chi connectivity index (χ0) is 14.1. The number of hydrogen-bond donors (Lipinski definition) is 1. The minimum absolute atomic E-state index is 0.671. The van der Waals surface area contributed by atoms with Gasteiger partial charge < -0.3 is 5.73 Å². The van der Waals surface area contributed by atoms with Gasteiger partial charge in [0.2, 0.25) is 0 Å². The maximum absolute atomic E-state index is 10.7. The van der Waals surface area contributed by atoms with Crippen molar-refractivity contribution in [3.05, 3.63) is 64.6 Å². The number of nitrogen functional groups attached to an aromatic ring is 1. The van der Waals surface area contributed by atoms with E-state index in [2.05, 4.69) is 28.1 Å². The van der Waals surface area contributed by atoms with E-state index in [-0.39, 0.29) is 0 Å². The van der Waals surface area contributed by atoms with Crippen LogP contribution in [0.2, 0.25) is 0 Å². The number of hydrogen-bond acceptors (Lipinski definition) is 2. The van der Waals surface area contributed by atoms with Gasteiger partial charge >= 0.3 is 0 Å². The summed E-state index contributed by atoms with van der Waals surface area (Å²) in [5, 5.41) is 2.23. The highest BCUT2D eigenvalue weighted by Gasteiger charge is 2.06. The van der Waals surface area contributed by atoms with Crippen molar-refractivity contribution in [2.75, 3.05) is 5.73 Å². The number of fused-ring (bicyclic) bond motifs is 1. The number of anilines is 1. The molecule has 0 heterocycles. The van der Waals surface area contributed by atoms with Crippen molar-refractivity contribution in [3.8, 4) is 11.1 Å². The molecule has 0 fully saturated rings. The molecule has 0 saturated heterocycles. The molecule has 0 saturated carbocycles. The second-order valence-corrected chi connectivity index (χ2v) is 5.59. The fraction of sp³-hybridized carbons (Fsp3) is 0. The van der Waals surface area contributed by atoms with Crippen LogP contribution in [0.25, 0.3) is 21.9 Å². The highest BCUT2D eigenvalue weighted by Crippen LogP contribution is 2.32. The molecule has 20 heavy (non-hydrogen) atoms. The lowest BCUT2D eigenvalue weighted by Crippen LogP contribution is -1.89. The molecule has 0 aliphatic heterocycles. The van der Waals surface area contributed by atoms with Gasteiger partial charge in [-0.25, -0.2) is 0 Å². The van der Waals surface area contributed by atoms with Crippen molar-refractivity contribution >= 4 is 38.7 Å². The van der Waals surface area contributed by atoms with E-state index in [1.54, 1.807) is 0 Å². The first-order valence-corrected chi connectivity index (χ1v) is 7.01. The van der Waals surface area contributed by atoms with Gasteiger partial charge in [-0.15, -0.1) is 0 Å². The van der Waals surface area contributed by atoms with E-state index in [9.17, 15) is 4.79 Å². The average Bonchev–Trinajstić information content (AvgIpc) is 2.46. The van der Waals surface area contributed by atoms with Crippen LogP contribution in [0, 0.1) is 0 Å². The van der Waals surface area contributed by atoms with Crippen LogP contribution < -0.4 is 5.73 Å². The normalized spacial score (nSPS) is 10.7. The molecule has 0 aliphatic carbocycles. The quantitative estimate of drug-likeness (QED) is 0.549. The molecular weight excluding hydrogens is 314 g/mol. The van der Waals surface area contributed by atoms with E-state index in [1.807, 2.05) is 42.5 Å². The standard InChI is InChI=1S/C17H12BrNO/c18-14-5-6-16-13(7-14)8-15(19)9-17(16)12-3-1-11(10-20)2-4-12/h1-10H,19H2. The van der Waals surface area contributed by atoms with E-state index in [4.69, 9.17) is 5.73 Å². The molecule has 0 bridgehead atoms. The van der Waals surface area contributed by atoms with Gasteiger partial charge in [-0.05, 0) is 46.2 Å². The summed E-state index contributed by atoms with van der Waals surface area (Å²) in [5.41, 5.74) is 9.52. The lowest BCUT2D eigenvalue weighted by atomic mass is 9.97. The Labute approximate surface area is 125 Å². The van der Waals surface area contributed by atoms with E-state index < -0.39 is 0 Å².